The fraction of sp³-hybridized carbons (Fsp3) is 0.533. The first-order chi connectivity index (χ1) is 9.08. The van der Waals surface area contributed by atoms with Crippen molar-refractivity contribution >= 4 is 5.97 Å². The van der Waals surface area contributed by atoms with Gasteiger partial charge in [-0.1, -0.05) is 12.1 Å². The molecule has 1 aromatic rings. The van der Waals surface area contributed by atoms with Crippen LogP contribution < -0.4 is 10.5 Å². The van der Waals surface area contributed by atoms with Crippen LogP contribution in [0.15, 0.2) is 24.3 Å². The van der Waals surface area contributed by atoms with Crippen molar-refractivity contribution in [3.8, 4) is 5.75 Å². The van der Waals surface area contributed by atoms with Crippen molar-refractivity contribution < 1.29 is 14.6 Å². The largest absolute Gasteiger partial charge is 0.494 e. The zero-order valence-electron chi connectivity index (χ0n) is 11.5. The Kier molecular flexibility index (Phi) is 6.97. The van der Waals surface area contributed by atoms with Crippen LogP contribution in [0.25, 0.3) is 0 Å². The summed E-state index contributed by atoms with van der Waals surface area (Å²) in [7, 11) is 0. The number of unbranched alkanes of at least 4 members (excludes halogenated alkanes) is 2. The molecule has 0 bridgehead atoms. The zero-order valence-corrected chi connectivity index (χ0v) is 11.5. The smallest absolute Gasteiger partial charge is 0.303 e. The molecule has 0 amide bonds. The number of ether oxygens (including phenoxy) is 1. The summed E-state index contributed by atoms with van der Waals surface area (Å²) in [5, 5.41) is 8.50. The van der Waals surface area contributed by atoms with Crippen molar-refractivity contribution in [1.29, 1.82) is 0 Å². The van der Waals surface area contributed by atoms with Gasteiger partial charge in [-0.05, 0) is 50.3 Å². The summed E-state index contributed by atoms with van der Waals surface area (Å²) in [5.41, 5.74) is 6.95. The van der Waals surface area contributed by atoms with Crippen LogP contribution in [0.3, 0.4) is 0 Å². The molecule has 0 aliphatic rings. The van der Waals surface area contributed by atoms with Crippen LogP contribution in [0, 0.1) is 0 Å². The Morgan fingerprint density at radius 1 is 1.26 bits per heavy atom. The monoisotopic (exact) mass is 265 g/mol. The Morgan fingerprint density at radius 3 is 2.53 bits per heavy atom. The zero-order chi connectivity index (χ0) is 14.1. The van der Waals surface area contributed by atoms with E-state index >= 15 is 0 Å². The molecule has 4 nitrogen and oxygen atoms in total. The molecular weight excluding hydrogens is 242 g/mol. The van der Waals surface area contributed by atoms with Crippen LogP contribution in [0.4, 0.5) is 0 Å². The van der Waals surface area contributed by atoms with Gasteiger partial charge in [0.25, 0.3) is 0 Å². The summed E-state index contributed by atoms with van der Waals surface area (Å²) in [6.07, 6.45) is 3.59. The van der Waals surface area contributed by atoms with Crippen LogP contribution >= 0.6 is 0 Å². The SMILES string of the molecule is C[C@H](N)Cc1ccc(OCCCCCC(=O)O)cc1. The molecule has 0 unspecified atom stereocenters. The topological polar surface area (TPSA) is 72.5 Å². The summed E-state index contributed by atoms with van der Waals surface area (Å²) in [6.45, 7) is 2.62. The van der Waals surface area contributed by atoms with Gasteiger partial charge in [-0.25, -0.2) is 0 Å². The number of aliphatic carboxylic acids is 1. The van der Waals surface area contributed by atoms with Gasteiger partial charge in [0.2, 0.25) is 0 Å². The predicted molar refractivity (Wildman–Crippen MR) is 75.4 cm³/mol. The summed E-state index contributed by atoms with van der Waals surface area (Å²) in [6, 6.07) is 8.14. The van der Waals surface area contributed by atoms with Gasteiger partial charge in [-0.2, -0.15) is 0 Å². The van der Waals surface area contributed by atoms with Gasteiger partial charge in [0.15, 0.2) is 0 Å². The quantitative estimate of drug-likeness (QED) is 0.673. The highest BCUT2D eigenvalue weighted by Gasteiger charge is 2.00. The minimum atomic E-state index is -0.731. The van der Waals surface area contributed by atoms with E-state index < -0.39 is 5.97 Å². The van der Waals surface area contributed by atoms with E-state index in [0.29, 0.717) is 13.0 Å². The van der Waals surface area contributed by atoms with Crippen LogP contribution in [-0.2, 0) is 11.2 Å². The van der Waals surface area contributed by atoms with Crippen molar-refractivity contribution in [2.45, 2.75) is 45.1 Å². The van der Waals surface area contributed by atoms with E-state index in [1.165, 1.54) is 5.56 Å². The second kappa shape index (κ2) is 8.53. The summed E-state index contributed by atoms with van der Waals surface area (Å²) >= 11 is 0. The molecular formula is C15H23NO3. The number of carboxylic acid groups (broad SMARTS) is 1. The molecule has 0 radical (unpaired) electrons. The molecule has 0 spiro atoms. The lowest BCUT2D eigenvalue weighted by atomic mass is 10.1. The fourth-order valence-electron chi connectivity index (χ4n) is 1.84. The third-order valence-electron chi connectivity index (χ3n) is 2.78. The fourth-order valence-corrected chi connectivity index (χ4v) is 1.84. The van der Waals surface area contributed by atoms with E-state index in [2.05, 4.69) is 0 Å². The van der Waals surface area contributed by atoms with E-state index in [0.717, 1.165) is 25.0 Å². The van der Waals surface area contributed by atoms with Gasteiger partial charge in [0.05, 0.1) is 6.61 Å². The van der Waals surface area contributed by atoms with E-state index in [-0.39, 0.29) is 12.5 Å². The van der Waals surface area contributed by atoms with Crippen LogP contribution in [-0.4, -0.2) is 23.7 Å². The Balaban J connectivity index is 2.17. The lowest BCUT2D eigenvalue weighted by Crippen LogP contribution is -2.17. The molecule has 106 valence electrons. The molecule has 3 N–H and O–H groups in total. The number of carbonyl (C=O) groups is 1. The molecule has 0 fully saturated rings. The van der Waals surface area contributed by atoms with E-state index in [1.807, 2.05) is 31.2 Å². The summed E-state index contributed by atoms with van der Waals surface area (Å²) < 4.78 is 5.59. The third kappa shape index (κ3) is 7.47. The van der Waals surface area contributed by atoms with Gasteiger partial charge >= 0.3 is 5.97 Å². The molecule has 4 heteroatoms. The molecule has 0 aliphatic heterocycles. The van der Waals surface area contributed by atoms with Gasteiger partial charge in [0.1, 0.15) is 5.75 Å². The van der Waals surface area contributed by atoms with Crippen LogP contribution in [0.1, 0.15) is 38.2 Å². The predicted octanol–water partition coefficient (Wildman–Crippen LogP) is 2.60. The molecule has 1 rings (SSSR count). The summed E-state index contributed by atoms with van der Waals surface area (Å²) in [4.78, 5) is 10.3. The Morgan fingerprint density at radius 2 is 1.95 bits per heavy atom. The maximum atomic E-state index is 10.3. The number of benzene rings is 1. The van der Waals surface area contributed by atoms with Gasteiger partial charge in [0, 0.05) is 12.5 Å². The average molecular weight is 265 g/mol. The third-order valence-corrected chi connectivity index (χ3v) is 2.78. The standard InChI is InChI=1S/C15H23NO3/c1-12(16)11-13-6-8-14(9-7-13)19-10-4-2-3-5-15(17)18/h6-9,12H,2-5,10-11,16H2,1H3,(H,17,18)/t12-/m0/s1. The average Bonchev–Trinajstić information content (AvgIpc) is 2.34. The summed E-state index contributed by atoms with van der Waals surface area (Å²) in [5.74, 6) is 0.122. The van der Waals surface area contributed by atoms with E-state index in [4.69, 9.17) is 15.6 Å². The first kappa shape index (κ1) is 15.5. The lowest BCUT2D eigenvalue weighted by molar-refractivity contribution is -0.137. The first-order valence-corrected chi connectivity index (χ1v) is 6.77. The van der Waals surface area contributed by atoms with Gasteiger partial charge < -0.3 is 15.6 Å². The lowest BCUT2D eigenvalue weighted by Gasteiger charge is -2.08. The van der Waals surface area contributed by atoms with Crippen molar-refractivity contribution in [2.24, 2.45) is 5.73 Å². The molecule has 1 atom stereocenters. The minimum absolute atomic E-state index is 0.168. The highest BCUT2D eigenvalue weighted by Crippen LogP contribution is 2.14. The molecule has 1 aromatic carbocycles. The van der Waals surface area contributed by atoms with Gasteiger partial charge in [-0.15, -0.1) is 0 Å². The first-order valence-electron chi connectivity index (χ1n) is 6.77. The Labute approximate surface area is 114 Å². The van der Waals surface area contributed by atoms with Crippen LogP contribution in [0.2, 0.25) is 0 Å². The van der Waals surface area contributed by atoms with E-state index in [9.17, 15) is 4.79 Å². The van der Waals surface area contributed by atoms with Crippen molar-refractivity contribution in [3.05, 3.63) is 29.8 Å². The molecule has 0 heterocycles. The van der Waals surface area contributed by atoms with Crippen molar-refractivity contribution in [1.82, 2.24) is 0 Å². The van der Waals surface area contributed by atoms with Crippen LogP contribution in [0.5, 0.6) is 5.75 Å². The Bertz CT molecular complexity index is 373. The number of hydrogen-bond acceptors (Lipinski definition) is 3. The van der Waals surface area contributed by atoms with Crippen molar-refractivity contribution in [2.75, 3.05) is 6.61 Å². The number of rotatable bonds is 9. The molecule has 19 heavy (non-hydrogen) atoms. The van der Waals surface area contributed by atoms with E-state index in [1.54, 1.807) is 0 Å². The number of nitrogens with two attached hydrogens (primary N) is 1. The molecule has 0 aliphatic carbocycles. The second-order valence-corrected chi connectivity index (χ2v) is 4.88. The maximum absolute atomic E-state index is 10.3. The maximum Gasteiger partial charge on any atom is 0.303 e. The van der Waals surface area contributed by atoms with Crippen molar-refractivity contribution in [3.63, 3.8) is 0 Å². The normalized spacial score (nSPS) is 12.1. The highest BCUT2D eigenvalue weighted by molar-refractivity contribution is 5.66. The second-order valence-electron chi connectivity index (χ2n) is 4.88. The number of carboxylic acids is 1. The number of hydrogen-bond donors (Lipinski definition) is 2. The van der Waals surface area contributed by atoms with Gasteiger partial charge in [-0.3, -0.25) is 4.79 Å². The highest BCUT2D eigenvalue weighted by atomic mass is 16.5. The minimum Gasteiger partial charge on any atom is -0.494 e. The Hall–Kier alpha value is -1.55. The molecule has 0 saturated carbocycles. The molecule has 0 saturated heterocycles. The molecule has 0 aromatic heterocycles.